The van der Waals surface area contributed by atoms with Crippen LogP contribution in [0.15, 0.2) is 48.5 Å². The number of rotatable bonds is 4. The van der Waals surface area contributed by atoms with Crippen LogP contribution >= 0.6 is 11.6 Å². The second kappa shape index (κ2) is 6.76. The molecular weight excluding hydrogens is 361 g/mol. The van der Waals surface area contributed by atoms with Crippen LogP contribution in [-0.2, 0) is 10.3 Å². The molecule has 1 heterocycles. The minimum absolute atomic E-state index is 0.128. The molecule has 0 saturated carbocycles. The van der Waals surface area contributed by atoms with Crippen molar-refractivity contribution >= 4 is 29.4 Å². The molecule has 2 aromatic carbocycles. The number of urea groups is 1. The summed E-state index contributed by atoms with van der Waals surface area (Å²) in [5.74, 6) is -2.42. The Hall–Kier alpha value is -2.93. The first-order valence-electron chi connectivity index (χ1n) is 7.87. The van der Waals surface area contributed by atoms with Crippen molar-refractivity contribution in [1.82, 2.24) is 15.8 Å². The smallest absolute Gasteiger partial charge is 0.318 e. The molecule has 4 amide bonds. The van der Waals surface area contributed by atoms with Crippen LogP contribution in [0.1, 0.15) is 29.3 Å². The van der Waals surface area contributed by atoms with Gasteiger partial charge in [-0.25, -0.2) is 9.18 Å². The van der Waals surface area contributed by atoms with Crippen LogP contribution in [-0.4, -0.2) is 22.9 Å². The van der Waals surface area contributed by atoms with Crippen LogP contribution in [0.4, 0.5) is 9.18 Å². The Bertz CT molecular complexity index is 891. The molecule has 26 heavy (non-hydrogen) atoms. The van der Waals surface area contributed by atoms with Crippen molar-refractivity contribution in [3.63, 3.8) is 0 Å². The average Bonchev–Trinajstić information content (AvgIpc) is 2.87. The highest BCUT2D eigenvalue weighted by molar-refractivity contribution is 6.30. The summed E-state index contributed by atoms with van der Waals surface area (Å²) in [7, 11) is 0. The van der Waals surface area contributed by atoms with Gasteiger partial charge >= 0.3 is 6.03 Å². The number of carbonyl (C=O) groups is 3. The van der Waals surface area contributed by atoms with Crippen molar-refractivity contribution in [2.75, 3.05) is 0 Å². The Morgan fingerprint density at radius 1 is 1.23 bits per heavy atom. The summed E-state index contributed by atoms with van der Waals surface area (Å²) in [5, 5.41) is 3.33. The zero-order chi connectivity index (χ0) is 18.9. The zero-order valence-corrected chi connectivity index (χ0v) is 14.5. The highest BCUT2D eigenvalue weighted by Gasteiger charge is 2.52. The number of nitrogens with zero attached hydrogens (tertiary/aromatic N) is 1. The summed E-state index contributed by atoms with van der Waals surface area (Å²) in [6.07, 6.45) is 0.281. The molecule has 0 spiro atoms. The van der Waals surface area contributed by atoms with E-state index in [1.807, 2.05) is 0 Å². The number of hydrazine groups is 1. The van der Waals surface area contributed by atoms with Gasteiger partial charge in [0.1, 0.15) is 11.4 Å². The average molecular weight is 376 g/mol. The summed E-state index contributed by atoms with van der Waals surface area (Å²) in [6.45, 7) is 1.75. The summed E-state index contributed by atoms with van der Waals surface area (Å²) < 4.78 is 13.9. The summed E-state index contributed by atoms with van der Waals surface area (Å²) in [6, 6.07) is 11.4. The third-order valence-corrected chi connectivity index (χ3v) is 4.51. The van der Waals surface area contributed by atoms with Gasteiger partial charge in [-0.3, -0.25) is 15.0 Å². The van der Waals surface area contributed by atoms with E-state index >= 15 is 0 Å². The van der Waals surface area contributed by atoms with Crippen molar-refractivity contribution in [1.29, 1.82) is 0 Å². The molecule has 2 N–H and O–H groups in total. The largest absolute Gasteiger partial charge is 0.344 e. The number of carbonyl (C=O) groups excluding carboxylic acids is 3. The predicted molar refractivity (Wildman–Crippen MR) is 92.7 cm³/mol. The maximum absolute atomic E-state index is 13.9. The van der Waals surface area contributed by atoms with E-state index in [1.54, 1.807) is 37.3 Å². The SMILES string of the molecule is CCC1(c2ccccc2)NC(=O)N(NC(=O)c2ccc(Cl)cc2F)C1=O. The second-order valence-corrected chi connectivity index (χ2v) is 6.20. The molecule has 8 heteroatoms. The van der Waals surface area contributed by atoms with Crippen molar-refractivity contribution in [3.05, 3.63) is 70.5 Å². The standard InChI is InChI=1S/C18H15ClFN3O3/c1-2-18(11-6-4-3-5-7-11)16(25)23(17(26)21-18)22-15(24)13-9-8-12(19)10-14(13)20/h3-10H,2H2,1H3,(H,21,26)(H,22,24). The van der Waals surface area contributed by atoms with Gasteiger partial charge in [-0.05, 0) is 30.2 Å². The molecule has 2 aromatic rings. The molecule has 6 nitrogen and oxygen atoms in total. The summed E-state index contributed by atoms with van der Waals surface area (Å²) in [4.78, 5) is 37.5. The van der Waals surface area contributed by atoms with E-state index in [9.17, 15) is 18.8 Å². The molecule has 0 aromatic heterocycles. The quantitative estimate of drug-likeness (QED) is 0.806. The lowest BCUT2D eigenvalue weighted by Gasteiger charge is -2.25. The monoisotopic (exact) mass is 375 g/mol. The molecule has 1 atom stereocenters. The number of hydrogen-bond donors (Lipinski definition) is 2. The van der Waals surface area contributed by atoms with E-state index in [-0.39, 0.29) is 17.0 Å². The van der Waals surface area contributed by atoms with Gasteiger partial charge in [-0.1, -0.05) is 48.9 Å². The van der Waals surface area contributed by atoms with Gasteiger partial charge < -0.3 is 5.32 Å². The molecule has 1 aliphatic rings. The number of amides is 4. The molecule has 1 fully saturated rings. The van der Waals surface area contributed by atoms with E-state index < -0.39 is 29.2 Å². The van der Waals surface area contributed by atoms with Crippen LogP contribution in [0, 0.1) is 5.82 Å². The third kappa shape index (κ3) is 2.90. The Labute approximate surface area is 153 Å². The first kappa shape index (κ1) is 17.9. The number of halogens is 2. The Morgan fingerprint density at radius 2 is 1.92 bits per heavy atom. The molecule has 134 valence electrons. The van der Waals surface area contributed by atoms with Crippen LogP contribution in [0.2, 0.25) is 5.02 Å². The summed E-state index contributed by atoms with van der Waals surface area (Å²) in [5.41, 5.74) is 1.14. The van der Waals surface area contributed by atoms with Crippen molar-refractivity contribution in [2.45, 2.75) is 18.9 Å². The number of hydrogen-bond acceptors (Lipinski definition) is 3. The minimum atomic E-state index is -1.29. The minimum Gasteiger partial charge on any atom is -0.318 e. The first-order chi connectivity index (χ1) is 12.4. The lowest BCUT2D eigenvalue weighted by Crippen LogP contribution is -2.48. The first-order valence-corrected chi connectivity index (χ1v) is 8.25. The predicted octanol–water partition coefficient (Wildman–Crippen LogP) is 2.98. The normalized spacial score (nSPS) is 19.4. The van der Waals surface area contributed by atoms with Gasteiger partial charge in [0.2, 0.25) is 0 Å². The molecule has 0 aliphatic carbocycles. The Balaban J connectivity index is 1.88. The van der Waals surface area contributed by atoms with Crippen molar-refractivity contribution in [3.8, 4) is 0 Å². The molecule has 1 aliphatic heterocycles. The van der Waals surface area contributed by atoms with Crippen molar-refractivity contribution < 1.29 is 18.8 Å². The Kier molecular flexibility index (Phi) is 4.65. The van der Waals surface area contributed by atoms with Crippen LogP contribution in [0.5, 0.6) is 0 Å². The fraction of sp³-hybridized carbons (Fsp3) is 0.167. The fourth-order valence-electron chi connectivity index (χ4n) is 2.87. The molecule has 0 bridgehead atoms. The highest BCUT2D eigenvalue weighted by Crippen LogP contribution is 2.31. The topological polar surface area (TPSA) is 78.5 Å². The van der Waals surface area contributed by atoms with E-state index in [4.69, 9.17) is 11.6 Å². The van der Waals surface area contributed by atoms with Crippen LogP contribution in [0.25, 0.3) is 0 Å². The van der Waals surface area contributed by atoms with Gasteiger partial charge in [0.25, 0.3) is 11.8 Å². The van der Waals surface area contributed by atoms with Crippen molar-refractivity contribution in [2.24, 2.45) is 0 Å². The molecular formula is C18H15ClFN3O3. The fourth-order valence-corrected chi connectivity index (χ4v) is 3.03. The van der Waals surface area contributed by atoms with E-state index in [0.29, 0.717) is 10.6 Å². The number of benzene rings is 2. The van der Waals surface area contributed by atoms with Gasteiger partial charge in [0.05, 0.1) is 5.56 Å². The van der Waals surface area contributed by atoms with Crippen LogP contribution < -0.4 is 10.7 Å². The van der Waals surface area contributed by atoms with Gasteiger partial charge in [-0.15, -0.1) is 0 Å². The maximum Gasteiger partial charge on any atom is 0.344 e. The Morgan fingerprint density at radius 3 is 2.54 bits per heavy atom. The molecule has 3 rings (SSSR count). The second-order valence-electron chi connectivity index (χ2n) is 5.76. The molecule has 1 saturated heterocycles. The van der Waals surface area contributed by atoms with Crippen LogP contribution in [0.3, 0.4) is 0 Å². The highest BCUT2D eigenvalue weighted by atomic mass is 35.5. The zero-order valence-electron chi connectivity index (χ0n) is 13.8. The third-order valence-electron chi connectivity index (χ3n) is 4.28. The van der Waals surface area contributed by atoms with Gasteiger partial charge in [-0.2, -0.15) is 5.01 Å². The maximum atomic E-state index is 13.9. The number of nitrogens with one attached hydrogen (secondary N) is 2. The number of imide groups is 1. The van der Waals surface area contributed by atoms with E-state index in [0.717, 1.165) is 6.07 Å². The molecule has 1 unspecified atom stereocenters. The van der Waals surface area contributed by atoms with Gasteiger partial charge in [0, 0.05) is 5.02 Å². The van der Waals surface area contributed by atoms with Gasteiger partial charge in [0.15, 0.2) is 0 Å². The summed E-state index contributed by atoms with van der Waals surface area (Å²) >= 11 is 5.66. The van der Waals surface area contributed by atoms with E-state index in [2.05, 4.69) is 10.7 Å². The molecule has 0 radical (unpaired) electrons. The lowest BCUT2D eigenvalue weighted by atomic mass is 9.87. The lowest BCUT2D eigenvalue weighted by molar-refractivity contribution is -0.133. The van der Waals surface area contributed by atoms with E-state index in [1.165, 1.54) is 12.1 Å².